The van der Waals surface area contributed by atoms with Crippen molar-refractivity contribution >= 4 is 48.5 Å². The topological polar surface area (TPSA) is 207 Å². The number of hydrazine groups is 2. The lowest BCUT2D eigenvalue weighted by Crippen LogP contribution is -2.43. The number of aliphatic hydroxyl groups excluding tert-OH is 1. The van der Waals surface area contributed by atoms with Gasteiger partial charge >= 0.3 is 0 Å². The van der Waals surface area contributed by atoms with Gasteiger partial charge in [0.25, 0.3) is 17.7 Å². The van der Waals surface area contributed by atoms with Crippen LogP contribution in [0.15, 0.2) is 205 Å². The molecule has 1 atom stereocenters. The van der Waals surface area contributed by atoms with E-state index in [4.69, 9.17) is 5.84 Å². The number of nitrogens with zero attached hydrogens (tertiary/aromatic N) is 1. The number of nitrogens with one attached hydrogen (secondary N) is 4. The van der Waals surface area contributed by atoms with Gasteiger partial charge in [0.2, 0.25) is 0 Å². The zero-order chi connectivity index (χ0) is 42.2. The van der Waals surface area contributed by atoms with E-state index in [1.807, 2.05) is 133 Å². The van der Waals surface area contributed by atoms with Gasteiger partial charge in [-0.2, -0.15) is 5.10 Å². The van der Waals surface area contributed by atoms with E-state index in [0.29, 0.717) is 16.7 Å². The Balaban J connectivity index is 0.000000421. The second-order valence-corrected chi connectivity index (χ2v) is 11.8. The van der Waals surface area contributed by atoms with Crippen LogP contribution >= 0.6 is 0 Å². The van der Waals surface area contributed by atoms with Crippen molar-refractivity contribution in [2.24, 2.45) is 10.9 Å². The van der Waals surface area contributed by atoms with E-state index in [0.717, 1.165) is 23.0 Å². The Kier molecular flexibility index (Phi) is 26.9. The van der Waals surface area contributed by atoms with E-state index in [-0.39, 0.29) is 30.6 Å². The highest BCUT2D eigenvalue weighted by Gasteiger charge is 2.05. The average Bonchev–Trinajstić information content (AvgIpc) is 3.31. The molecule has 12 nitrogen and oxygen atoms in total. The Hall–Kier alpha value is -7.87. The van der Waals surface area contributed by atoms with E-state index in [1.54, 1.807) is 91.2 Å². The molecule has 3 amide bonds. The minimum absolute atomic E-state index is 0. The van der Waals surface area contributed by atoms with Crippen LogP contribution in [0.4, 0.5) is 0 Å². The largest absolute Gasteiger partial charge is 0.412 e. The van der Waals surface area contributed by atoms with E-state index in [1.165, 1.54) is 6.08 Å². The van der Waals surface area contributed by atoms with Gasteiger partial charge in [-0.3, -0.25) is 30.0 Å². The predicted octanol–water partition coefficient (Wildman–Crippen LogP) is 7.07. The Morgan fingerprint density at radius 2 is 0.885 bits per heavy atom. The fourth-order valence-electron chi connectivity index (χ4n) is 4.51. The smallest absolute Gasteiger partial charge is 0.271 e. The summed E-state index contributed by atoms with van der Waals surface area (Å²) in [5.74, 6) is 4.13. The fourth-order valence-corrected chi connectivity index (χ4v) is 4.51. The van der Waals surface area contributed by atoms with Gasteiger partial charge in [-0.1, -0.05) is 171 Å². The number of carbonyl (C=O) groups is 4. The molecule has 314 valence electrons. The first-order valence-corrected chi connectivity index (χ1v) is 18.2. The third-order valence-electron chi connectivity index (χ3n) is 7.42. The van der Waals surface area contributed by atoms with Crippen LogP contribution in [-0.2, 0) is 4.79 Å². The van der Waals surface area contributed by atoms with E-state index in [2.05, 4.69) is 21.4 Å². The summed E-state index contributed by atoms with van der Waals surface area (Å²) in [6.07, 6.45) is 11.6. The Bertz CT molecular complexity index is 2210. The number of rotatable bonds is 12. The first kappa shape index (κ1) is 51.1. The number of amides is 3. The van der Waals surface area contributed by atoms with Crippen LogP contribution < -0.4 is 27.5 Å². The standard InChI is InChI=1S/C16H16N2O2.C16H14N2O.C9H8O.C7H8N2O.CH4.H2O/c19-15(12-11-13-7-3-1-4-8-13)17-18-16(20)14-9-5-2-6-10-14;19-16(15-11-5-2-6-12-15)18-17-13-7-10-14-8-3-1-4-9-14;10-8-4-7-9-5-2-1-3-6-9;8-9-7(10)6-4-2-1-3-5-6;;/h1-12,15,17,19H,(H,18,20);1-13H,(H,18,19);1-8H;1-5H,8H2,(H,9,10);1H4;1H2/b12-11+;10-7+,17-13+;7-4-;;;. The second-order valence-electron chi connectivity index (χ2n) is 11.8. The summed E-state index contributed by atoms with van der Waals surface area (Å²) in [7, 11) is 0. The number of aliphatic hydroxyl groups is 1. The average molecular weight is 821 g/mol. The molecule has 0 aromatic heterocycles. The molecule has 0 fully saturated rings. The molecule has 0 saturated carbocycles. The normalized spacial score (nSPS) is 10.5. The van der Waals surface area contributed by atoms with E-state index in [9.17, 15) is 24.3 Å². The van der Waals surface area contributed by atoms with Crippen LogP contribution in [0, 0.1) is 0 Å². The molecule has 0 saturated heterocycles. The Labute approximate surface area is 357 Å². The van der Waals surface area contributed by atoms with Crippen LogP contribution in [0.2, 0.25) is 0 Å². The van der Waals surface area contributed by atoms with E-state index < -0.39 is 6.23 Å². The molecule has 6 aromatic rings. The molecule has 0 radical (unpaired) electrons. The van der Waals surface area contributed by atoms with Crippen molar-refractivity contribution in [2.75, 3.05) is 0 Å². The summed E-state index contributed by atoms with van der Waals surface area (Å²) in [4.78, 5) is 44.0. The molecule has 6 rings (SSSR count). The monoisotopic (exact) mass is 820 g/mol. The molecule has 1 unspecified atom stereocenters. The van der Waals surface area contributed by atoms with Gasteiger partial charge in [0, 0.05) is 22.9 Å². The van der Waals surface area contributed by atoms with Crippen molar-refractivity contribution in [1.29, 1.82) is 0 Å². The molecular formula is C49H52N6O6. The van der Waals surface area contributed by atoms with Crippen molar-refractivity contribution < 1.29 is 29.8 Å². The SMILES string of the molecule is C.NNC(=O)c1ccccc1.O.O=C(N/N=C/C=C/c1ccccc1)c1ccccc1.O=C(NNC(O)/C=C/c1ccccc1)c1ccccc1.O=C/C=C\c1ccccc1. The molecule has 9 N–H and O–H groups in total. The van der Waals surface area contributed by atoms with Crippen molar-refractivity contribution in [1.82, 2.24) is 21.7 Å². The van der Waals surface area contributed by atoms with Crippen molar-refractivity contribution in [2.45, 2.75) is 13.7 Å². The zero-order valence-corrected chi connectivity index (χ0v) is 32.6. The van der Waals surface area contributed by atoms with Gasteiger partial charge in [-0.15, -0.1) is 0 Å². The highest BCUT2D eigenvalue weighted by atomic mass is 16.3. The van der Waals surface area contributed by atoms with Crippen LogP contribution in [-0.4, -0.2) is 47.0 Å². The van der Waals surface area contributed by atoms with Gasteiger partial charge in [-0.25, -0.2) is 16.7 Å². The number of hydrogen-bond donors (Lipinski definition) is 6. The van der Waals surface area contributed by atoms with Crippen molar-refractivity contribution in [3.8, 4) is 0 Å². The Morgan fingerprint density at radius 3 is 1.30 bits per heavy atom. The summed E-state index contributed by atoms with van der Waals surface area (Å²) < 4.78 is 0. The number of hydrogen-bond acceptors (Lipinski definition) is 8. The Morgan fingerprint density at radius 1 is 0.525 bits per heavy atom. The number of carbonyl (C=O) groups excluding carboxylic acids is 4. The second kappa shape index (κ2) is 32.1. The van der Waals surface area contributed by atoms with Crippen LogP contribution in [0.1, 0.15) is 55.2 Å². The molecule has 61 heavy (non-hydrogen) atoms. The summed E-state index contributed by atoms with van der Waals surface area (Å²) in [6.45, 7) is 0. The van der Waals surface area contributed by atoms with Gasteiger partial charge in [0.15, 0.2) is 0 Å². The molecule has 6 aromatic carbocycles. The lowest BCUT2D eigenvalue weighted by Gasteiger charge is -2.10. The molecular weight excluding hydrogens is 769 g/mol. The predicted molar refractivity (Wildman–Crippen MR) is 246 cm³/mol. The highest BCUT2D eigenvalue weighted by molar-refractivity contribution is 5.95. The lowest BCUT2D eigenvalue weighted by molar-refractivity contribution is -0.104. The van der Waals surface area contributed by atoms with E-state index >= 15 is 0 Å². The molecule has 12 heteroatoms. The first-order valence-electron chi connectivity index (χ1n) is 18.2. The molecule has 0 heterocycles. The summed E-state index contributed by atoms with van der Waals surface area (Å²) in [6, 6.07) is 55.7. The number of hydrazone groups is 1. The first-order chi connectivity index (χ1) is 28.9. The van der Waals surface area contributed by atoms with Gasteiger partial charge < -0.3 is 10.6 Å². The molecule has 0 aliphatic heterocycles. The van der Waals surface area contributed by atoms with Gasteiger partial charge in [-0.05, 0) is 71.3 Å². The minimum atomic E-state index is -0.956. The van der Waals surface area contributed by atoms with Gasteiger partial charge in [0.1, 0.15) is 12.5 Å². The fraction of sp³-hybridized carbons (Fsp3) is 0.0408. The molecule has 0 aliphatic carbocycles. The molecule has 0 spiro atoms. The van der Waals surface area contributed by atoms with Crippen LogP contribution in [0.5, 0.6) is 0 Å². The number of nitrogens with two attached hydrogens (primary N) is 1. The quantitative estimate of drug-likeness (QED) is 0.0144. The zero-order valence-electron chi connectivity index (χ0n) is 32.6. The third kappa shape index (κ3) is 22.6. The molecule has 0 aliphatic rings. The number of aldehydes is 1. The maximum absolute atomic E-state index is 11.7. The number of nitrogen functional groups attached to an aromatic ring is 1. The number of allylic oxidation sites excluding steroid dienone is 2. The van der Waals surface area contributed by atoms with Crippen molar-refractivity contribution in [3.63, 3.8) is 0 Å². The highest BCUT2D eigenvalue weighted by Crippen LogP contribution is 2.03. The summed E-state index contributed by atoms with van der Waals surface area (Å²) in [5, 5.41) is 13.5. The maximum atomic E-state index is 11.7. The van der Waals surface area contributed by atoms with Gasteiger partial charge in [0.05, 0.1) is 0 Å². The maximum Gasteiger partial charge on any atom is 0.271 e. The summed E-state index contributed by atoms with van der Waals surface area (Å²) >= 11 is 0. The number of benzene rings is 6. The third-order valence-corrected chi connectivity index (χ3v) is 7.42. The van der Waals surface area contributed by atoms with Crippen molar-refractivity contribution in [3.05, 3.63) is 234 Å². The lowest BCUT2D eigenvalue weighted by atomic mass is 10.2. The van der Waals surface area contributed by atoms with Crippen LogP contribution in [0.25, 0.3) is 18.2 Å². The molecule has 0 bridgehead atoms. The van der Waals surface area contributed by atoms with Crippen LogP contribution in [0.3, 0.4) is 0 Å². The minimum Gasteiger partial charge on any atom is -0.412 e. The summed E-state index contributed by atoms with van der Waals surface area (Å²) in [5.41, 5.74) is 14.3.